The van der Waals surface area contributed by atoms with Crippen LogP contribution in [0, 0.1) is 3.57 Å². The molecule has 1 amide bonds. The molecule has 0 heterocycles. The van der Waals surface area contributed by atoms with Crippen molar-refractivity contribution in [3.8, 4) is 11.5 Å². The molecule has 0 saturated carbocycles. The lowest BCUT2D eigenvalue weighted by molar-refractivity contribution is 0.0998. The summed E-state index contributed by atoms with van der Waals surface area (Å²) in [4.78, 5) is 11.3. The summed E-state index contributed by atoms with van der Waals surface area (Å²) >= 11 is 2.18. The van der Waals surface area contributed by atoms with Crippen LogP contribution in [0.25, 0.3) is 0 Å². The normalized spacial score (nSPS) is 10.1. The van der Waals surface area contributed by atoms with Gasteiger partial charge in [-0.05, 0) is 59.0 Å². The van der Waals surface area contributed by atoms with Crippen molar-refractivity contribution in [3.05, 3.63) is 51.6 Å². The molecule has 4 N–H and O–H groups in total. The Kier molecular flexibility index (Phi) is 3.71. The third-order valence-electron chi connectivity index (χ3n) is 2.29. The quantitative estimate of drug-likeness (QED) is 0.657. The number of hydrogen-bond acceptors (Lipinski definition) is 3. The number of anilines is 1. The molecule has 18 heavy (non-hydrogen) atoms. The van der Waals surface area contributed by atoms with Gasteiger partial charge in [-0.15, -0.1) is 0 Å². The molecule has 2 aromatic rings. The molecular weight excluding hydrogens is 343 g/mol. The fraction of sp³-hybridized carbons (Fsp3) is 0. The van der Waals surface area contributed by atoms with Gasteiger partial charge in [-0.2, -0.15) is 0 Å². The third-order valence-corrected chi connectivity index (χ3v) is 2.96. The highest BCUT2D eigenvalue weighted by molar-refractivity contribution is 14.1. The molecule has 0 aliphatic heterocycles. The van der Waals surface area contributed by atoms with Crippen LogP contribution in [0.5, 0.6) is 11.5 Å². The van der Waals surface area contributed by atoms with E-state index < -0.39 is 5.91 Å². The Bertz CT molecular complexity index is 599. The van der Waals surface area contributed by atoms with Crippen LogP contribution in [0.3, 0.4) is 0 Å². The maximum Gasteiger partial charge on any atom is 0.252 e. The van der Waals surface area contributed by atoms with Crippen LogP contribution in [0.15, 0.2) is 42.5 Å². The van der Waals surface area contributed by atoms with Crippen LogP contribution in [-0.4, -0.2) is 5.91 Å². The van der Waals surface area contributed by atoms with Gasteiger partial charge in [0.25, 0.3) is 5.91 Å². The van der Waals surface area contributed by atoms with Crippen molar-refractivity contribution in [2.45, 2.75) is 0 Å². The molecule has 2 rings (SSSR count). The van der Waals surface area contributed by atoms with Crippen molar-refractivity contribution in [2.75, 3.05) is 5.73 Å². The molecule has 0 atom stereocenters. The average Bonchev–Trinajstić information content (AvgIpc) is 2.31. The van der Waals surface area contributed by atoms with E-state index in [9.17, 15) is 4.79 Å². The Hall–Kier alpha value is -1.76. The Labute approximate surface area is 118 Å². The lowest BCUT2D eigenvalue weighted by atomic mass is 10.1. The fourth-order valence-electron chi connectivity index (χ4n) is 1.49. The second-order valence-corrected chi connectivity index (χ2v) is 4.92. The van der Waals surface area contributed by atoms with Crippen molar-refractivity contribution >= 4 is 34.2 Å². The number of ether oxygens (including phenoxy) is 1. The Morgan fingerprint density at radius 2 is 1.94 bits per heavy atom. The molecule has 2 aromatic carbocycles. The smallest absolute Gasteiger partial charge is 0.252 e. The second-order valence-electron chi connectivity index (χ2n) is 3.68. The predicted molar refractivity (Wildman–Crippen MR) is 78.6 cm³/mol. The van der Waals surface area contributed by atoms with Crippen molar-refractivity contribution in [1.82, 2.24) is 0 Å². The molecule has 0 aliphatic rings. The van der Waals surface area contributed by atoms with Crippen molar-refractivity contribution in [1.29, 1.82) is 0 Å². The lowest BCUT2D eigenvalue weighted by Crippen LogP contribution is -2.12. The molecule has 0 radical (unpaired) electrons. The monoisotopic (exact) mass is 354 g/mol. The summed E-state index contributed by atoms with van der Waals surface area (Å²) in [6, 6.07) is 12.3. The second kappa shape index (κ2) is 5.26. The summed E-state index contributed by atoms with van der Waals surface area (Å²) in [5.41, 5.74) is 11.7. The molecular formula is C13H11IN2O2. The van der Waals surface area contributed by atoms with Crippen molar-refractivity contribution in [3.63, 3.8) is 0 Å². The fourth-order valence-corrected chi connectivity index (χ4v) is 2.00. The van der Waals surface area contributed by atoms with Gasteiger partial charge in [0.15, 0.2) is 0 Å². The van der Waals surface area contributed by atoms with Gasteiger partial charge in [-0.1, -0.05) is 6.07 Å². The van der Waals surface area contributed by atoms with Crippen LogP contribution in [0.1, 0.15) is 10.4 Å². The van der Waals surface area contributed by atoms with E-state index in [2.05, 4.69) is 22.6 Å². The number of nitrogen functional groups attached to an aromatic ring is 1. The van der Waals surface area contributed by atoms with Crippen LogP contribution < -0.4 is 16.2 Å². The minimum Gasteiger partial charge on any atom is -0.456 e. The van der Waals surface area contributed by atoms with Crippen molar-refractivity contribution < 1.29 is 9.53 Å². The minimum atomic E-state index is -0.567. The molecule has 0 saturated heterocycles. The number of hydrogen-bond donors (Lipinski definition) is 2. The highest BCUT2D eigenvalue weighted by atomic mass is 127. The minimum absolute atomic E-state index is 0.272. The maximum atomic E-state index is 11.3. The Morgan fingerprint density at radius 3 is 2.61 bits per heavy atom. The number of carbonyl (C=O) groups is 1. The summed E-state index contributed by atoms with van der Waals surface area (Å²) in [7, 11) is 0. The topological polar surface area (TPSA) is 78.3 Å². The van der Waals surface area contributed by atoms with Crippen molar-refractivity contribution in [2.24, 2.45) is 5.73 Å². The molecule has 0 spiro atoms. The number of rotatable bonds is 3. The summed E-state index contributed by atoms with van der Waals surface area (Å²) in [6.07, 6.45) is 0. The third kappa shape index (κ3) is 2.92. The van der Waals surface area contributed by atoms with E-state index in [4.69, 9.17) is 16.2 Å². The van der Waals surface area contributed by atoms with Gasteiger partial charge >= 0.3 is 0 Å². The van der Waals surface area contributed by atoms with Gasteiger partial charge in [-0.3, -0.25) is 4.79 Å². The molecule has 92 valence electrons. The lowest BCUT2D eigenvalue weighted by Gasteiger charge is -2.10. The summed E-state index contributed by atoms with van der Waals surface area (Å²) in [5.74, 6) is 0.482. The maximum absolute atomic E-state index is 11.3. The standard InChI is InChI=1S/C13H11IN2O2/c14-8-2-1-3-10(6-8)18-12-5-4-9(15)7-11(12)13(16)17/h1-7H,15H2,(H2,16,17). The van der Waals surface area contributed by atoms with E-state index in [0.29, 0.717) is 17.2 Å². The number of primary amides is 1. The van der Waals surface area contributed by atoms with E-state index in [1.807, 2.05) is 24.3 Å². The first-order chi connectivity index (χ1) is 8.56. The van der Waals surface area contributed by atoms with E-state index in [0.717, 1.165) is 3.57 Å². The largest absolute Gasteiger partial charge is 0.456 e. The molecule has 0 fully saturated rings. The zero-order chi connectivity index (χ0) is 13.1. The number of halogens is 1. The summed E-state index contributed by atoms with van der Waals surface area (Å²) in [6.45, 7) is 0. The number of carbonyl (C=O) groups excluding carboxylic acids is 1. The first-order valence-electron chi connectivity index (χ1n) is 5.19. The SMILES string of the molecule is NC(=O)c1cc(N)ccc1Oc1cccc(I)c1. The van der Waals surface area contributed by atoms with Gasteiger partial charge in [0.05, 0.1) is 5.56 Å². The predicted octanol–water partition coefficient (Wildman–Crippen LogP) is 2.76. The van der Waals surface area contributed by atoms with Crippen LogP contribution in [0.4, 0.5) is 5.69 Å². The van der Waals surface area contributed by atoms with Gasteiger partial charge in [0.2, 0.25) is 0 Å². The van der Waals surface area contributed by atoms with Crippen LogP contribution >= 0.6 is 22.6 Å². The highest BCUT2D eigenvalue weighted by Crippen LogP contribution is 2.27. The average molecular weight is 354 g/mol. The highest BCUT2D eigenvalue weighted by Gasteiger charge is 2.10. The molecule has 0 aromatic heterocycles. The molecule has 0 unspecified atom stereocenters. The van der Waals surface area contributed by atoms with E-state index in [1.54, 1.807) is 12.1 Å². The van der Waals surface area contributed by atoms with Gasteiger partial charge < -0.3 is 16.2 Å². The number of amides is 1. The van der Waals surface area contributed by atoms with E-state index >= 15 is 0 Å². The molecule has 0 aliphatic carbocycles. The zero-order valence-electron chi connectivity index (χ0n) is 9.39. The Balaban J connectivity index is 2.37. The van der Waals surface area contributed by atoms with Gasteiger partial charge in [0, 0.05) is 9.26 Å². The van der Waals surface area contributed by atoms with Gasteiger partial charge in [0.1, 0.15) is 11.5 Å². The zero-order valence-corrected chi connectivity index (χ0v) is 11.5. The van der Waals surface area contributed by atoms with Crippen LogP contribution in [0.2, 0.25) is 0 Å². The summed E-state index contributed by atoms with van der Waals surface area (Å²) < 4.78 is 6.69. The van der Waals surface area contributed by atoms with E-state index in [1.165, 1.54) is 6.07 Å². The molecule has 4 nitrogen and oxygen atoms in total. The van der Waals surface area contributed by atoms with Crippen LogP contribution in [-0.2, 0) is 0 Å². The first-order valence-corrected chi connectivity index (χ1v) is 6.27. The number of nitrogens with two attached hydrogens (primary N) is 2. The number of benzene rings is 2. The van der Waals surface area contributed by atoms with E-state index in [-0.39, 0.29) is 5.56 Å². The first kappa shape index (κ1) is 12.7. The van der Waals surface area contributed by atoms with Gasteiger partial charge in [-0.25, -0.2) is 0 Å². The molecule has 5 heteroatoms. The Morgan fingerprint density at radius 1 is 1.17 bits per heavy atom. The molecule has 0 bridgehead atoms. The summed E-state index contributed by atoms with van der Waals surface area (Å²) in [5, 5.41) is 0.